The standard InChI is InChI=1S/C14H18N4O3/c1-3-15-14(20)13-12(9-19)16-18(17-13)10-5-7-11(8-6-10)21-4-2/h5-8,19H,3-4,9H2,1-2H3,(H,15,20). The Bertz CT molecular complexity index is 607. The highest BCUT2D eigenvalue weighted by atomic mass is 16.5. The molecule has 0 spiro atoms. The quantitative estimate of drug-likeness (QED) is 0.825. The van der Waals surface area contributed by atoms with Crippen LogP contribution in [0, 0.1) is 0 Å². The third-order valence-electron chi connectivity index (χ3n) is 2.76. The van der Waals surface area contributed by atoms with Crippen molar-refractivity contribution in [1.82, 2.24) is 20.3 Å². The largest absolute Gasteiger partial charge is 0.494 e. The van der Waals surface area contributed by atoms with Crippen LogP contribution in [-0.2, 0) is 6.61 Å². The van der Waals surface area contributed by atoms with Gasteiger partial charge >= 0.3 is 0 Å². The summed E-state index contributed by atoms with van der Waals surface area (Å²) in [7, 11) is 0. The fraction of sp³-hybridized carbons (Fsp3) is 0.357. The number of rotatable bonds is 6. The zero-order chi connectivity index (χ0) is 15.2. The van der Waals surface area contributed by atoms with Gasteiger partial charge in [0, 0.05) is 6.54 Å². The predicted octanol–water partition coefficient (Wildman–Crippen LogP) is 0.908. The number of ether oxygens (including phenoxy) is 1. The normalized spacial score (nSPS) is 10.4. The molecule has 1 aromatic heterocycles. The molecule has 0 atom stereocenters. The van der Waals surface area contributed by atoms with Crippen molar-refractivity contribution in [2.24, 2.45) is 0 Å². The molecule has 112 valence electrons. The van der Waals surface area contributed by atoms with Gasteiger partial charge in [-0.25, -0.2) is 0 Å². The maximum absolute atomic E-state index is 11.9. The van der Waals surface area contributed by atoms with Crippen LogP contribution in [0.3, 0.4) is 0 Å². The van der Waals surface area contributed by atoms with E-state index in [0.29, 0.717) is 18.8 Å². The van der Waals surface area contributed by atoms with Gasteiger partial charge in [0.05, 0.1) is 18.9 Å². The Labute approximate surface area is 122 Å². The lowest BCUT2D eigenvalue weighted by Crippen LogP contribution is -2.24. The van der Waals surface area contributed by atoms with Crippen molar-refractivity contribution in [3.05, 3.63) is 35.7 Å². The molecule has 0 saturated carbocycles. The second-order valence-electron chi connectivity index (χ2n) is 4.23. The Kier molecular flexibility index (Phi) is 4.89. The number of benzene rings is 1. The molecule has 1 amide bonds. The second-order valence-corrected chi connectivity index (χ2v) is 4.23. The Hall–Kier alpha value is -2.41. The lowest BCUT2D eigenvalue weighted by Gasteiger charge is -2.03. The SMILES string of the molecule is CCNC(=O)c1nn(-c2ccc(OCC)cc2)nc1CO. The first kappa shape index (κ1) is 15.0. The molecule has 0 fully saturated rings. The molecule has 0 aliphatic rings. The van der Waals surface area contributed by atoms with Crippen molar-refractivity contribution in [1.29, 1.82) is 0 Å². The first-order chi connectivity index (χ1) is 10.2. The topological polar surface area (TPSA) is 89.3 Å². The molecule has 0 unspecified atom stereocenters. The van der Waals surface area contributed by atoms with Crippen molar-refractivity contribution in [3.63, 3.8) is 0 Å². The van der Waals surface area contributed by atoms with Gasteiger partial charge < -0.3 is 15.2 Å². The fourth-order valence-corrected chi connectivity index (χ4v) is 1.82. The number of hydrogen-bond donors (Lipinski definition) is 2. The van der Waals surface area contributed by atoms with E-state index in [1.807, 2.05) is 13.8 Å². The van der Waals surface area contributed by atoms with Crippen molar-refractivity contribution < 1.29 is 14.6 Å². The summed E-state index contributed by atoms with van der Waals surface area (Å²) in [5.41, 5.74) is 1.06. The van der Waals surface area contributed by atoms with Crippen molar-refractivity contribution in [3.8, 4) is 11.4 Å². The molecule has 0 aliphatic carbocycles. The number of amides is 1. The highest BCUT2D eigenvalue weighted by molar-refractivity contribution is 5.93. The molecular weight excluding hydrogens is 272 g/mol. The summed E-state index contributed by atoms with van der Waals surface area (Å²) in [5.74, 6) is 0.401. The highest BCUT2D eigenvalue weighted by Gasteiger charge is 2.18. The van der Waals surface area contributed by atoms with Crippen LogP contribution in [0.5, 0.6) is 5.75 Å². The zero-order valence-corrected chi connectivity index (χ0v) is 12.0. The van der Waals surface area contributed by atoms with Gasteiger partial charge in [-0.1, -0.05) is 0 Å². The van der Waals surface area contributed by atoms with E-state index in [2.05, 4.69) is 15.5 Å². The number of aliphatic hydroxyl groups is 1. The third-order valence-corrected chi connectivity index (χ3v) is 2.76. The monoisotopic (exact) mass is 290 g/mol. The van der Waals surface area contributed by atoms with Gasteiger partial charge in [0.1, 0.15) is 11.4 Å². The first-order valence-electron chi connectivity index (χ1n) is 6.78. The minimum atomic E-state index is -0.348. The summed E-state index contributed by atoms with van der Waals surface area (Å²) in [6.07, 6.45) is 0. The van der Waals surface area contributed by atoms with Gasteiger partial charge in [-0.05, 0) is 38.1 Å². The molecule has 1 heterocycles. The van der Waals surface area contributed by atoms with Gasteiger partial charge in [-0.15, -0.1) is 10.2 Å². The molecule has 2 aromatic rings. The fourth-order valence-electron chi connectivity index (χ4n) is 1.82. The minimum absolute atomic E-state index is 0.133. The summed E-state index contributed by atoms with van der Waals surface area (Å²) in [6, 6.07) is 7.17. The molecule has 7 nitrogen and oxygen atoms in total. The first-order valence-corrected chi connectivity index (χ1v) is 6.78. The summed E-state index contributed by atoms with van der Waals surface area (Å²) in [6.45, 7) is 4.46. The molecule has 7 heteroatoms. The molecular formula is C14H18N4O3. The predicted molar refractivity (Wildman–Crippen MR) is 76.5 cm³/mol. The number of aromatic nitrogens is 3. The van der Waals surface area contributed by atoms with Crippen LogP contribution in [0.25, 0.3) is 5.69 Å². The van der Waals surface area contributed by atoms with Gasteiger partial charge in [0.15, 0.2) is 5.69 Å². The van der Waals surface area contributed by atoms with Gasteiger partial charge in [0.2, 0.25) is 0 Å². The molecule has 21 heavy (non-hydrogen) atoms. The summed E-state index contributed by atoms with van der Waals surface area (Å²) >= 11 is 0. The molecule has 1 aromatic carbocycles. The number of carbonyl (C=O) groups excluding carboxylic acids is 1. The van der Waals surface area contributed by atoms with Crippen LogP contribution in [0.2, 0.25) is 0 Å². The van der Waals surface area contributed by atoms with Crippen LogP contribution >= 0.6 is 0 Å². The molecule has 2 rings (SSSR count). The molecule has 0 bridgehead atoms. The number of nitrogens with one attached hydrogen (secondary N) is 1. The van der Waals surface area contributed by atoms with E-state index in [1.165, 1.54) is 4.80 Å². The Morgan fingerprint density at radius 2 is 2.00 bits per heavy atom. The average molecular weight is 290 g/mol. The molecule has 0 aliphatic heterocycles. The Morgan fingerprint density at radius 1 is 1.29 bits per heavy atom. The van der Waals surface area contributed by atoms with E-state index in [-0.39, 0.29) is 23.9 Å². The number of aliphatic hydroxyl groups excluding tert-OH is 1. The van der Waals surface area contributed by atoms with E-state index in [0.717, 1.165) is 5.75 Å². The van der Waals surface area contributed by atoms with Crippen LogP contribution in [0.1, 0.15) is 30.0 Å². The number of hydrogen-bond acceptors (Lipinski definition) is 5. The molecule has 0 radical (unpaired) electrons. The lowest BCUT2D eigenvalue weighted by atomic mass is 10.3. The third kappa shape index (κ3) is 3.38. The summed E-state index contributed by atoms with van der Waals surface area (Å²) < 4.78 is 5.36. The maximum Gasteiger partial charge on any atom is 0.273 e. The van der Waals surface area contributed by atoms with Crippen molar-refractivity contribution in [2.75, 3.05) is 13.2 Å². The number of carbonyl (C=O) groups is 1. The summed E-state index contributed by atoms with van der Waals surface area (Å²) in [5, 5.41) is 20.2. The van der Waals surface area contributed by atoms with E-state index >= 15 is 0 Å². The van der Waals surface area contributed by atoms with Gasteiger partial charge in [-0.3, -0.25) is 4.79 Å². The van der Waals surface area contributed by atoms with Gasteiger partial charge in [-0.2, -0.15) is 4.80 Å². The van der Waals surface area contributed by atoms with E-state index in [9.17, 15) is 9.90 Å². The summed E-state index contributed by atoms with van der Waals surface area (Å²) in [4.78, 5) is 13.2. The van der Waals surface area contributed by atoms with Gasteiger partial charge in [0.25, 0.3) is 5.91 Å². The van der Waals surface area contributed by atoms with Crippen LogP contribution < -0.4 is 10.1 Å². The minimum Gasteiger partial charge on any atom is -0.494 e. The highest BCUT2D eigenvalue weighted by Crippen LogP contribution is 2.15. The maximum atomic E-state index is 11.9. The zero-order valence-electron chi connectivity index (χ0n) is 12.0. The average Bonchev–Trinajstić information content (AvgIpc) is 2.93. The second kappa shape index (κ2) is 6.85. The van der Waals surface area contributed by atoms with Crippen molar-refractivity contribution >= 4 is 5.91 Å². The Balaban J connectivity index is 2.29. The Morgan fingerprint density at radius 3 is 2.57 bits per heavy atom. The van der Waals surface area contributed by atoms with E-state index in [1.54, 1.807) is 24.3 Å². The lowest BCUT2D eigenvalue weighted by molar-refractivity contribution is 0.0947. The van der Waals surface area contributed by atoms with E-state index < -0.39 is 0 Å². The smallest absolute Gasteiger partial charge is 0.273 e. The van der Waals surface area contributed by atoms with Crippen LogP contribution in [-0.4, -0.2) is 39.2 Å². The van der Waals surface area contributed by atoms with E-state index in [4.69, 9.17) is 4.74 Å². The molecule has 0 saturated heterocycles. The molecule has 2 N–H and O–H groups in total. The van der Waals surface area contributed by atoms with Crippen molar-refractivity contribution in [2.45, 2.75) is 20.5 Å². The number of nitrogens with zero attached hydrogens (tertiary/aromatic N) is 3. The van der Waals surface area contributed by atoms with Crippen LogP contribution in [0.15, 0.2) is 24.3 Å². The van der Waals surface area contributed by atoms with Crippen LogP contribution in [0.4, 0.5) is 0 Å².